The average Bonchev–Trinajstić information content (AvgIpc) is 2.22. The molecule has 1 aromatic carbocycles. The maximum absolute atomic E-state index is 13.1. The number of hydrogen-bond donors (Lipinski definition) is 0. The number of benzene rings is 1. The lowest BCUT2D eigenvalue weighted by atomic mass is 10.2. The summed E-state index contributed by atoms with van der Waals surface area (Å²) in [5, 5.41) is 0. The van der Waals surface area contributed by atoms with Crippen molar-refractivity contribution >= 4 is 16.4 Å². The third-order valence-corrected chi connectivity index (χ3v) is 3.03. The molecule has 0 saturated heterocycles. The highest BCUT2D eigenvalue weighted by Gasteiger charge is 2.17. The molecule has 1 aromatic rings. The lowest BCUT2D eigenvalue weighted by Gasteiger charge is -2.05. The fourth-order valence-electron chi connectivity index (χ4n) is 0.946. The fourth-order valence-corrected chi connectivity index (χ4v) is 1.89. The van der Waals surface area contributed by atoms with Crippen molar-refractivity contribution in [1.29, 1.82) is 0 Å². The molecule has 17 heavy (non-hydrogen) atoms. The van der Waals surface area contributed by atoms with E-state index in [1.807, 2.05) is 0 Å². The Labute approximate surface area is 98.6 Å². The zero-order valence-corrected chi connectivity index (χ0v) is 10.1. The van der Waals surface area contributed by atoms with E-state index in [2.05, 4.69) is 11.3 Å². The van der Waals surface area contributed by atoms with Gasteiger partial charge in [0.2, 0.25) is 0 Å². The second kappa shape index (κ2) is 4.79. The van der Waals surface area contributed by atoms with Gasteiger partial charge in [-0.05, 0) is 19.1 Å². The van der Waals surface area contributed by atoms with E-state index < -0.39 is 32.1 Å². The normalized spacial score (nSPS) is 12.1. The predicted molar refractivity (Wildman–Crippen MR) is 60.2 cm³/mol. The Kier molecular flexibility index (Phi) is 3.82. The van der Waals surface area contributed by atoms with Crippen LogP contribution in [0.25, 0.3) is 0 Å². The lowest BCUT2D eigenvalue weighted by molar-refractivity contribution is 0.560. The molecule has 0 heterocycles. The summed E-state index contributed by atoms with van der Waals surface area (Å²) in [6.07, 6.45) is 1.03. The van der Waals surface area contributed by atoms with Crippen LogP contribution in [0.1, 0.15) is 5.56 Å². The first-order valence-corrected chi connectivity index (χ1v) is 5.96. The van der Waals surface area contributed by atoms with Crippen molar-refractivity contribution in [3.05, 3.63) is 36.3 Å². The van der Waals surface area contributed by atoms with Crippen LogP contribution in [0, 0.1) is 18.6 Å². The van der Waals surface area contributed by atoms with Crippen molar-refractivity contribution in [3.63, 3.8) is 0 Å². The molecule has 0 aliphatic heterocycles. The summed E-state index contributed by atoms with van der Waals surface area (Å²) >= 11 is 0. The van der Waals surface area contributed by atoms with Gasteiger partial charge in [0.15, 0.2) is 0 Å². The SMILES string of the molecule is [CH2]c1c(F)cc(S(=O)(=O)N=CN(C)C)cc1F. The van der Waals surface area contributed by atoms with Gasteiger partial charge < -0.3 is 4.90 Å². The van der Waals surface area contributed by atoms with Crippen LogP contribution < -0.4 is 0 Å². The van der Waals surface area contributed by atoms with Crippen molar-refractivity contribution in [2.24, 2.45) is 4.40 Å². The number of halogens is 2. The summed E-state index contributed by atoms with van der Waals surface area (Å²) in [5.74, 6) is -2.05. The zero-order chi connectivity index (χ0) is 13.2. The molecule has 1 rings (SSSR count). The smallest absolute Gasteiger partial charge is 0.283 e. The van der Waals surface area contributed by atoms with Crippen molar-refractivity contribution in [2.45, 2.75) is 4.90 Å². The summed E-state index contributed by atoms with van der Waals surface area (Å²) in [6.45, 7) is 3.13. The van der Waals surface area contributed by atoms with Gasteiger partial charge in [0, 0.05) is 19.7 Å². The predicted octanol–water partition coefficient (Wildman–Crippen LogP) is 1.43. The fraction of sp³-hybridized carbons (Fsp3) is 0.200. The molecule has 0 aliphatic carbocycles. The van der Waals surface area contributed by atoms with Crippen LogP contribution in [-0.2, 0) is 10.0 Å². The largest absolute Gasteiger partial charge is 0.368 e. The molecule has 0 fully saturated rings. The van der Waals surface area contributed by atoms with E-state index in [1.165, 1.54) is 4.90 Å². The Morgan fingerprint density at radius 3 is 2.18 bits per heavy atom. The van der Waals surface area contributed by atoms with Gasteiger partial charge in [0.25, 0.3) is 10.0 Å². The Hall–Kier alpha value is -1.50. The monoisotopic (exact) mass is 261 g/mol. The highest BCUT2D eigenvalue weighted by atomic mass is 32.2. The Morgan fingerprint density at radius 2 is 1.76 bits per heavy atom. The first-order valence-electron chi connectivity index (χ1n) is 4.52. The highest BCUT2D eigenvalue weighted by molar-refractivity contribution is 7.90. The molecule has 0 aliphatic rings. The standard InChI is InChI=1S/C10H11F2N2O2S/c1-7-9(11)4-8(5-10(7)12)17(15,16)13-6-14(2)3/h4-6H,1H2,2-3H3. The van der Waals surface area contributed by atoms with Crippen molar-refractivity contribution in [1.82, 2.24) is 4.90 Å². The average molecular weight is 261 g/mol. The molecular weight excluding hydrogens is 250 g/mol. The van der Waals surface area contributed by atoms with Gasteiger partial charge in [-0.1, -0.05) is 0 Å². The summed E-state index contributed by atoms with van der Waals surface area (Å²) in [5.41, 5.74) is -0.472. The maximum Gasteiger partial charge on any atom is 0.283 e. The minimum absolute atomic E-state index is 0.472. The van der Waals surface area contributed by atoms with Gasteiger partial charge in [-0.25, -0.2) is 8.78 Å². The van der Waals surface area contributed by atoms with E-state index >= 15 is 0 Å². The number of rotatable bonds is 3. The molecule has 0 saturated carbocycles. The molecule has 1 radical (unpaired) electrons. The number of nitrogens with zero attached hydrogens (tertiary/aromatic N) is 2. The molecule has 0 N–H and O–H groups in total. The molecular formula is C10H11F2N2O2S. The quantitative estimate of drug-likeness (QED) is 0.611. The van der Waals surface area contributed by atoms with Crippen molar-refractivity contribution in [2.75, 3.05) is 14.1 Å². The van der Waals surface area contributed by atoms with E-state index in [4.69, 9.17) is 0 Å². The zero-order valence-electron chi connectivity index (χ0n) is 9.31. The van der Waals surface area contributed by atoms with Gasteiger partial charge in [0.05, 0.1) is 4.90 Å². The Balaban J connectivity index is 3.26. The molecule has 7 heteroatoms. The van der Waals surface area contributed by atoms with E-state index in [9.17, 15) is 17.2 Å². The van der Waals surface area contributed by atoms with Crippen LogP contribution in [-0.4, -0.2) is 33.8 Å². The van der Waals surface area contributed by atoms with Crippen LogP contribution in [0.3, 0.4) is 0 Å². The van der Waals surface area contributed by atoms with Crippen LogP contribution >= 0.6 is 0 Å². The van der Waals surface area contributed by atoms with Gasteiger partial charge in [-0.15, -0.1) is 4.40 Å². The summed E-state index contributed by atoms with van der Waals surface area (Å²) < 4.78 is 52.7. The summed E-state index contributed by atoms with van der Waals surface area (Å²) in [7, 11) is -0.960. The van der Waals surface area contributed by atoms with E-state index in [0.29, 0.717) is 12.1 Å². The van der Waals surface area contributed by atoms with E-state index in [0.717, 1.165) is 6.34 Å². The van der Waals surface area contributed by atoms with Gasteiger partial charge in [0.1, 0.15) is 18.0 Å². The van der Waals surface area contributed by atoms with Crippen LogP contribution in [0.4, 0.5) is 8.78 Å². The molecule has 0 amide bonds. The summed E-state index contributed by atoms with van der Waals surface area (Å²) in [4.78, 5) is 0.845. The minimum Gasteiger partial charge on any atom is -0.368 e. The van der Waals surface area contributed by atoms with E-state index in [-0.39, 0.29) is 0 Å². The van der Waals surface area contributed by atoms with Gasteiger partial charge in [-0.3, -0.25) is 0 Å². The first kappa shape index (κ1) is 13.6. The Morgan fingerprint density at radius 1 is 1.29 bits per heavy atom. The van der Waals surface area contributed by atoms with Crippen LogP contribution in [0.15, 0.2) is 21.4 Å². The van der Waals surface area contributed by atoms with Gasteiger partial charge in [-0.2, -0.15) is 8.42 Å². The van der Waals surface area contributed by atoms with E-state index in [1.54, 1.807) is 14.1 Å². The minimum atomic E-state index is -4.10. The molecule has 93 valence electrons. The van der Waals surface area contributed by atoms with Crippen LogP contribution in [0.5, 0.6) is 0 Å². The topological polar surface area (TPSA) is 49.7 Å². The second-order valence-electron chi connectivity index (χ2n) is 3.53. The van der Waals surface area contributed by atoms with Crippen LogP contribution in [0.2, 0.25) is 0 Å². The molecule has 4 nitrogen and oxygen atoms in total. The molecule has 0 bridgehead atoms. The maximum atomic E-state index is 13.1. The molecule has 0 aromatic heterocycles. The second-order valence-corrected chi connectivity index (χ2v) is 5.16. The highest BCUT2D eigenvalue weighted by Crippen LogP contribution is 2.19. The third-order valence-electron chi connectivity index (χ3n) is 1.83. The van der Waals surface area contributed by atoms with Gasteiger partial charge >= 0.3 is 0 Å². The van der Waals surface area contributed by atoms with Crippen molar-refractivity contribution in [3.8, 4) is 0 Å². The number of sulfonamides is 1. The lowest BCUT2D eigenvalue weighted by Crippen LogP contribution is -2.10. The molecule has 0 atom stereocenters. The Bertz CT molecular complexity index is 530. The molecule has 0 spiro atoms. The number of hydrogen-bond acceptors (Lipinski definition) is 2. The van der Waals surface area contributed by atoms with Crippen molar-refractivity contribution < 1.29 is 17.2 Å². The third kappa shape index (κ3) is 3.23. The molecule has 0 unspecified atom stereocenters. The summed E-state index contributed by atoms with van der Waals surface area (Å²) in [6, 6.07) is 1.38. The first-order chi connectivity index (χ1) is 7.74.